The molecule has 1 aliphatic rings. The maximum Gasteiger partial charge on any atom is 0.113 e. The zero-order valence-electron chi connectivity index (χ0n) is 12.7. The van der Waals surface area contributed by atoms with Crippen molar-refractivity contribution in [2.75, 3.05) is 0 Å². The number of hydrogen-bond donors (Lipinski definition) is 1. The molecule has 1 aromatic carbocycles. The quantitative estimate of drug-likeness (QED) is 0.897. The number of fused-ring (bicyclic) bond motifs is 3. The number of rotatable bonds is 2. The van der Waals surface area contributed by atoms with Crippen LogP contribution in [0.2, 0.25) is 0 Å². The molecule has 0 spiro atoms. The van der Waals surface area contributed by atoms with E-state index in [2.05, 4.69) is 52.0 Å². The molecule has 0 saturated carbocycles. The van der Waals surface area contributed by atoms with Gasteiger partial charge in [-0.25, -0.2) is 4.98 Å². The molecule has 1 atom stereocenters. The third-order valence-electron chi connectivity index (χ3n) is 4.43. The Kier molecular flexibility index (Phi) is 3.03. The first-order valence-electron chi connectivity index (χ1n) is 7.24. The minimum Gasteiger partial charge on any atom is -0.320 e. The SMILES string of the molecule is CCC(C)(N)c1nc2c(s1)CC(C)(C)c1ccccc1-2. The number of aromatic nitrogens is 1. The minimum atomic E-state index is -0.318. The van der Waals surface area contributed by atoms with Crippen LogP contribution in [0, 0.1) is 0 Å². The molecule has 1 aliphatic carbocycles. The Morgan fingerprint density at radius 1 is 1.35 bits per heavy atom. The van der Waals surface area contributed by atoms with Crippen molar-refractivity contribution in [3.8, 4) is 11.3 Å². The average Bonchev–Trinajstić information content (AvgIpc) is 2.83. The smallest absolute Gasteiger partial charge is 0.113 e. The van der Waals surface area contributed by atoms with Gasteiger partial charge < -0.3 is 5.73 Å². The van der Waals surface area contributed by atoms with Gasteiger partial charge in [-0.15, -0.1) is 11.3 Å². The molecule has 1 aromatic heterocycles. The molecule has 2 nitrogen and oxygen atoms in total. The lowest BCUT2D eigenvalue weighted by molar-refractivity contribution is 0.474. The Hall–Kier alpha value is -1.19. The third-order valence-corrected chi connectivity index (χ3v) is 5.77. The molecule has 1 unspecified atom stereocenters. The van der Waals surface area contributed by atoms with Crippen LogP contribution in [0.3, 0.4) is 0 Å². The second kappa shape index (κ2) is 4.40. The number of thiazole rings is 1. The van der Waals surface area contributed by atoms with Crippen LogP contribution in [0.15, 0.2) is 24.3 Å². The van der Waals surface area contributed by atoms with Crippen LogP contribution in [0.4, 0.5) is 0 Å². The highest BCUT2D eigenvalue weighted by Gasteiger charge is 2.35. The first-order chi connectivity index (χ1) is 9.35. The number of nitrogens with zero attached hydrogens (tertiary/aromatic N) is 1. The van der Waals surface area contributed by atoms with Crippen LogP contribution in [0.5, 0.6) is 0 Å². The lowest BCUT2D eigenvalue weighted by Crippen LogP contribution is -2.31. The summed E-state index contributed by atoms with van der Waals surface area (Å²) in [6, 6.07) is 8.65. The van der Waals surface area contributed by atoms with Crippen molar-refractivity contribution in [1.29, 1.82) is 0 Å². The van der Waals surface area contributed by atoms with Gasteiger partial charge in [0.05, 0.1) is 11.2 Å². The summed E-state index contributed by atoms with van der Waals surface area (Å²) in [5.41, 5.74) is 10.1. The molecule has 20 heavy (non-hydrogen) atoms. The van der Waals surface area contributed by atoms with Gasteiger partial charge in [-0.05, 0) is 30.7 Å². The summed E-state index contributed by atoms with van der Waals surface area (Å²) in [6.07, 6.45) is 1.96. The molecule has 2 N–H and O–H groups in total. The topological polar surface area (TPSA) is 38.9 Å². The van der Waals surface area contributed by atoms with Crippen molar-refractivity contribution >= 4 is 11.3 Å². The molecule has 2 aromatic rings. The lowest BCUT2D eigenvalue weighted by atomic mass is 9.74. The van der Waals surface area contributed by atoms with E-state index in [9.17, 15) is 0 Å². The second-order valence-corrected chi connectivity index (χ2v) is 7.75. The normalized spacial score (nSPS) is 19.1. The van der Waals surface area contributed by atoms with Crippen molar-refractivity contribution in [2.24, 2.45) is 5.73 Å². The zero-order valence-corrected chi connectivity index (χ0v) is 13.5. The van der Waals surface area contributed by atoms with Gasteiger partial charge >= 0.3 is 0 Å². The van der Waals surface area contributed by atoms with Crippen molar-refractivity contribution < 1.29 is 0 Å². The molecule has 0 aliphatic heterocycles. The maximum absolute atomic E-state index is 6.38. The van der Waals surface area contributed by atoms with Gasteiger partial charge in [0.25, 0.3) is 0 Å². The summed E-state index contributed by atoms with van der Waals surface area (Å²) < 4.78 is 0. The first-order valence-corrected chi connectivity index (χ1v) is 8.06. The van der Waals surface area contributed by atoms with E-state index in [0.717, 1.165) is 23.5 Å². The summed E-state index contributed by atoms with van der Waals surface area (Å²) >= 11 is 1.80. The van der Waals surface area contributed by atoms with Gasteiger partial charge in [-0.1, -0.05) is 45.0 Å². The Morgan fingerprint density at radius 2 is 2.05 bits per heavy atom. The predicted molar refractivity (Wildman–Crippen MR) is 86.1 cm³/mol. The fraction of sp³-hybridized carbons (Fsp3) is 0.471. The fourth-order valence-corrected chi connectivity index (χ4v) is 4.29. The fourth-order valence-electron chi connectivity index (χ4n) is 2.85. The van der Waals surface area contributed by atoms with Crippen LogP contribution in [0.1, 0.15) is 49.6 Å². The van der Waals surface area contributed by atoms with Gasteiger partial charge in [0.2, 0.25) is 0 Å². The Morgan fingerprint density at radius 3 is 2.75 bits per heavy atom. The third kappa shape index (κ3) is 2.00. The van der Waals surface area contributed by atoms with Crippen molar-refractivity contribution in [2.45, 2.75) is 51.5 Å². The number of nitrogens with two attached hydrogens (primary N) is 1. The van der Waals surface area contributed by atoms with Crippen LogP contribution < -0.4 is 5.73 Å². The summed E-state index contributed by atoms with van der Waals surface area (Å²) in [4.78, 5) is 6.28. The minimum absolute atomic E-state index is 0.171. The highest BCUT2D eigenvalue weighted by molar-refractivity contribution is 7.12. The van der Waals surface area contributed by atoms with Gasteiger partial charge in [-0.2, -0.15) is 0 Å². The monoisotopic (exact) mass is 286 g/mol. The molecule has 0 bridgehead atoms. The van der Waals surface area contributed by atoms with Gasteiger partial charge in [0, 0.05) is 10.4 Å². The van der Waals surface area contributed by atoms with Crippen LogP contribution in [0.25, 0.3) is 11.3 Å². The molecule has 0 amide bonds. The van der Waals surface area contributed by atoms with Gasteiger partial charge in [-0.3, -0.25) is 0 Å². The first kappa shape index (κ1) is 13.8. The number of hydrogen-bond acceptors (Lipinski definition) is 3. The highest BCUT2D eigenvalue weighted by atomic mass is 32.1. The highest BCUT2D eigenvalue weighted by Crippen LogP contribution is 2.45. The van der Waals surface area contributed by atoms with Crippen molar-refractivity contribution in [1.82, 2.24) is 4.98 Å². The second-order valence-electron chi connectivity index (χ2n) is 6.67. The summed E-state index contributed by atoms with van der Waals surface area (Å²) in [5, 5.41) is 1.07. The zero-order chi connectivity index (χ0) is 14.5. The molecule has 106 valence electrons. The Labute approximate surface area is 125 Å². The van der Waals surface area contributed by atoms with E-state index in [4.69, 9.17) is 10.7 Å². The summed E-state index contributed by atoms with van der Waals surface area (Å²) in [7, 11) is 0. The maximum atomic E-state index is 6.38. The van der Waals surface area contributed by atoms with Crippen molar-refractivity contribution in [3.05, 3.63) is 39.7 Å². The van der Waals surface area contributed by atoms with Crippen molar-refractivity contribution in [3.63, 3.8) is 0 Å². The molecular weight excluding hydrogens is 264 g/mol. The average molecular weight is 286 g/mol. The van der Waals surface area contributed by atoms with E-state index < -0.39 is 0 Å². The van der Waals surface area contributed by atoms with E-state index in [1.54, 1.807) is 11.3 Å². The molecule has 0 radical (unpaired) electrons. The summed E-state index contributed by atoms with van der Waals surface area (Å²) in [6.45, 7) is 8.83. The molecule has 3 heteroatoms. The van der Waals surface area contributed by atoms with E-state index in [-0.39, 0.29) is 11.0 Å². The van der Waals surface area contributed by atoms with E-state index in [1.807, 2.05) is 0 Å². The molecule has 3 rings (SSSR count). The van der Waals surface area contributed by atoms with E-state index in [1.165, 1.54) is 16.0 Å². The summed E-state index contributed by atoms with van der Waals surface area (Å²) in [5.74, 6) is 0. The molecular formula is C17H22N2S. The van der Waals surface area contributed by atoms with Crippen LogP contribution in [-0.4, -0.2) is 4.98 Å². The standard InChI is InChI=1S/C17H22N2S/c1-5-17(4,18)15-19-14-11-8-6-7-9-12(11)16(2,3)10-13(14)20-15/h6-9H,5,10,18H2,1-4H3. The van der Waals surface area contributed by atoms with Gasteiger partial charge in [0.15, 0.2) is 0 Å². The predicted octanol–water partition coefficient (Wildman–Crippen LogP) is 4.23. The van der Waals surface area contributed by atoms with Gasteiger partial charge in [0.1, 0.15) is 5.01 Å². The lowest BCUT2D eigenvalue weighted by Gasteiger charge is -2.31. The van der Waals surface area contributed by atoms with Crippen LogP contribution in [-0.2, 0) is 17.4 Å². The largest absolute Gasteiger partial charge is 0.320 e. The Balaban J connectivity index is 2.19. The molecule has 0 saturated heterocycles. The van der Waals surface area contributed by atoms with E-state index >= 15 is 0 Å². The molecule has 1 heterocycles. The van der Waals surface area contributed by atoms with Crippen LogP contribution >= 0.6 is 11.3 Å². The van der Waals surface area contributed by atoms with E-state index in [0.29, 0.717) is 0 Å². The Bertz CT molecular complexity index is 653. The molecule has 0 fully saturated rings. The number of benzene rings is 1.